The van der Waals surface area contributed by atoms with Crippen molar-refractivity contribution in [1.29, 1.82) is 0 Å². The van der Waals surface area contributed by atoms with Crippen LogP contribution >= 0.6 is 0 Å². The number of carbonyl (C=O) groups is 1. The molecule has 72 valence electrons. The zero-order valence-electron chi connectivity index (χ0n) is 7.73. The predicted octanol–water partition coefficient (Wildman–Crippen LogP) is 1.48. The van der Waals surface area contributed by atoms with Gasteiger partial charge in [-0.05, 0) is 13.3 Å². The van der Waals surface area contributed by atoms with Crippen LogP contribution in [-0.2, 0) is 4.79 Å². The SMILES string of the molecule is C=CC=CC(=CC)CC(N)C(=O)O. The van der Waals surface area contributed by atoms with Crippen molar-refractivity contribution in [2.45, 2.75) is 19.4 Å². The molecule has 0 saturated carbocycles. The molecule has 3 N–H and O–H groups in total. The lowest BCUT2D eigenvalue weighted by Crippen LogP contribution is -2.30. The maximum Gasteiger partial charge on any atom is 0.320 e. The van der Waals surface area contributed by atoms with Crippen LogP contribution < -0.4 is 5.73 Å². The number of hydrogen-bond donors (Lipinski definition) is 2. The molecule has 0 aromatic heterocycles. The first-order valence-electron chi connectivity index (χ1n) is 4.04. The summed E-state index contributed by atoms with van der Waals surface area (Å²) in [5.74, 6) is -0.980. The van der Waals surface area contributed by atoms with Crippen molar-refractivity contribution in [3.63, 3.8) is 0 Å². The maximum atomic E-state index is 10.4. The van der Waals surface area contributed by atoms with Gasteiger partial charge in [0.15, 0.2) is 0 Å². The van der Waals surface area contributed by atoms with E-state index in [0.717, 1.165) is 5.57 Å². The molecule has 0 aliphatic carbocycles. The molecule has 0 fully saturated rings. The Morgan fingerprint density at radius 2 is 2.31 bits per heavy atom. The third-order valence-electron chi connectivity index (χ3n) is 1.59. The third kappa shape index (κ3) is 4.98. The average molecular weight is 181 g/mol. The Hall–Kier alpha value is -1.35. The lowest BCUT2D eigenvalue weighted by atomic mass is 10.1. The van der Waals surface area contributed by atoms with Crippen LogP contribution in [0.3, 0.4) is 0 Å². The van der Waals surface area contributed by atoms with Crippen LogP contribution in [0.25, 0.3) is 0 Å². The van der Waals surface area contributed by atoms with Gasteiger partial charge in [0.05, 0.1) is 0 Å². The van der Waals surface area contributed by atoms with Crippen molar-refractivity contribution in [3.8, 4) is 0 Å². The quantitative estimate of drug-likeness (QED) is 0.631. The normalized spacial score (nSPS) is 14.5. The molecular formula is C10H15NO2. The van der Waals surface area contributed by atoms with Crippen molar-refractivity contribution in [3.05, 3.63) is 36.5 Å². The minimum atomic E-state index is -0.980. The monoisotopic (exact) mass is 181 g/mol. The second kappa shape index (κ2) is 6.20. The zero-order chi connectivity index (χ0) is 10.3. The highest BCUT2D eigenvalue weighted by Crippen LogP contribution is 2.06. The van der Waals surface area contributed by atoms with E-state index < -0.39 is 12.0 Å². The van der Waals surface area contributed by atoms with Crippen LogP contribution in [0.15, 0.2) is 36.5 Å². The zero-order valence-corrected chi connectivity index (χ0v) is 7.73. The van der Waals surface area contributed by atoms with Gasteiger partial charge >= 0.3 is 5.97 Å². The van der Waals surface area contributed by atoms with Crippen molar-refractivity contribution < 1.29 is 9.90 Å². The van der Waals surface area contributed by atoms with Gasteiger partial charge in [-0.25, -0.2) is 0 Å². The minimum Gasteiger partial charge on any atom is -0.480 e. The van der Waals surface area contributed by atoms with E-state index in [0.29, 0.717) is 6.42 Å². The van der Waals surface area contributed by atoms with E-state index in [1.54, 1.807) is 18.2 Å². The van der Waals surface area contributed by atoms with Crippen LogP contribution in [0, 0.1) is 0 Å². The number of aliphatic carboxylic acids is 1. The fourth-order valence-electron chi connectivity index (χ4n) is 0.815. The van der Waals surface area contributed by atoms with E-state index in [2.05, 4.69) is 6.58 Å². The molecule has 0 aromatic carbocycles. The van der Waals surface area contributed by atoms with Gasteiger partial charge in [0.2, 0.25) is 0 Å². The lowest BCUT2D eigenvalue weighted by Gasteiger charge is -2.05. The number of hydrogen-bond acceptors (Lipinski definition) is 2. The molecule has 13 heavy (non-hydrogen) atoms. The molecule has 0 rings (SSSR count). The van der Waals surface area contributed by atoms with Gasteiger partial charge in [0, 0.05) is 0 Å². The Labute approximate surface area is 78.3 Å². The summed E-state index contributed by atoms with van der Waals surface area (Å²) in [5, 5.41) is 8.56. The molecule has 0 aliphatic heterocycles. The highest BCUT2D eigenvalue weighted by atomic mass is 16.4. The van der Waals surface area contributed by atoms with Gasteiger partial charge in [0.1, 0.15) is 6.04 Å². The molecule has 0 radical (unpaired) electrons. The summed E-state index contributed by atoms with van der Waals surface area (Å²) in [5.41, 5.74) is 6.26. The minimum absolute atomic E-state index is 0.343. The summed E-state index contributed by atoms with van der Waals surface area (Å²) in [4.78, 5) is 10.4. The predicted molar refractivity (Wildman–Crippen MR) is 53.3 cm³/mol. The van der Waals surface area contributed by atoms with Crippen LogP contribution in [0.2, 0.25) is 0 Å². The van der Waals surface area contributed by atoms with Gasteiger partial charge in [-0.15, -0.1) is 0 Å². The second-order valence-electron chi connectivity index (χ2n) is 2.61. The molecule has 0 spiro atoms. The molecule has 1 atom stereocenters. The fourth-order valence-corrected chi connectivity index (χ4v) is 0.815. The highest BCUT2D eigenvalue weighted by Gasteiger charge is 2.11. The Balaban J connectivity index is 4.22. The molecule has 0 saturated heterocycles. The van der Waals surface area contributed by atoms with Gasteiger partial charge < -0.3 is 10.8 Å². The lowest BCUT2D eigenvalue weighted by molar-refractivity contribution is -0.138. The van der Waals surface area contributed by atoms with E-state index >= 15 is 0 Å². The number of rotatable bonds is 5. The number of nitrogens with two attached hydrogens (primary N) is 1. The summed E-state index contributed by atoms with van der Waals surface area (Å²) in [6.07, 6.45) is 7.37. The largest absolute Gasteiger partial charge is 0.480 e. The standard InChI is InChI=1S/C10H15NO2/c1-3-5-6-8(4-2)7-9(11)10(12)13/h3-6,9H,1,7,11H2,2H3,(H,12,13). The van der Waals surface area contributed by atoms with Crippen molar-refractivity contribution in [2.75, 3.05) is 0 Å². The third-order valence-corrected chi connectivity index (χ3v) is 1.59. The van der Waals surface area contributed by atoms with E-state index in [-0.39, 0.29) is 0 Å². The molecule has 0 aliphatic rings. The Morgan fingerprint density at radius 3 is 2.69 bits per heavy atom. The molecule has 1 unspecified atom stereocenters. The number of carboxylic acid groups (broad SMARTS) is 1. The molecular weight excluding hydrogens is 166 g/mol. The van der Waals surface area contributed by atoms with Gasteiger partial charge in [-0.1, -0.05) is 36.5 Å². The molecule has 0 aromatic rings. The van der Waals surface area contributed by atoms with Crippen LogP contribution in [0.1, 0.15) is 13.3 Å². The Kier molecular flexibility index (Phi) is 5.55. The topological polar surface area (TPSA) is 63.3 Å². The second-order valence-corrected chi connectivity index (χ2v) is 2.61. The average Bonchev–Trinajstić information content (AvgIpc) is 2.11. The number of carboxylic acids is 1. The van der Waals surface area contributed by atoms with E-state index in [1.807, 2.05) is 13.0 Å². The van der Waals surface area contributed by atoms with E-state index in [4.69, 9.17) is 10.8 Å². The van der Waals surface area contributed by atoms with E-state index in [1.165, 1.54) is 0 Å². The molecule has 0 bridgehead atoms. The molecule has 0 heterocycles. The summed E-state index contributed by atoms with van der Waals surface area (Å²) < 4.78 is 0. The molecule has 0 amide bonds. The van der Waals surface area contributed by atoms with Crippen LogP contribution in [0.5, 0.6) is 0 Å². The Morgan fingerprint density at radius 1 is 1.69 bits per heavy atom. The first-order chi connectivity index (χ1) is 6.11. The van der Waals surface area contributed by atoms with Crippen molar-refractivity contribution in [1.82, 2.24) is 0 Å². The van der Waals surface area contributed by atoms with Crippen LogP contribution in [0.4, 0.5) is 0 Å². The highest BCUT2D eigenvalue weighted by molar-refractivity contribution is 5.73. The number of allylic oxidation sites excluding steroid dienone is 4. The Bertz CT molecular complexity index is 241. The first-order valence-corrected chi connectivity index (χ1v) is 4.04. The maximum absolute atomic E-state index is 10.4. The molecule has 3 nitrogen and oxygen atoms in total. The van der Waals surface area contributed by atoms with Crippen molar-refractivity contribution in [2.24, 2.45) is 5.73 Å². The summed E-state index contributed by atoms with van der Waals surface area (Å²) in [6, 6.07) is -0.833. The van der Waals surface area contributed by atoms with Gasteiger partial charge in [-0.3, -0.25) is 4.79 Å². The van der Waals surface area contributed by atoms with Crippen molar-refractivity contribution >= 4 is 5.97 Å². The van der Waals surface area contributed by atoms with E-state index in [9.17, 15) is 4.79 Å². The van der Waals surface area contributed by atoms with Crippen LogP contribution in [-0.4, -0.2) is 17.1 Å². The fraction of sp³-hybridized carbons (Fsp3) is 0.300. The first kappa shape index (κ1) is 11.6. The summed E-state index contributed by atoms with van der Waals surface area (Å²) in [7, 11) is 0. The smallest absolute Gasteiger partial charge is 0.320 e. The van der Waals surface area contributed by atoms with Gasteiger partial charge in [-0.2, -0.15) is 0 Å². The summed E-state index contributed by atoms with van der Waals surface area (Å²) >= 11 is 0. The van der Waals surface area contributed by atoms with Gasteiger partial charge in [0.25, 0.3) is 0 Å². The molecule has 3 heteroatoms. The summed E-state index contributed by atoms with van der Waals surface area (Å²) in [6.45, 7) is 5.36.